The van der Waals surface area contributed by atoms with Gasteiger partial charge in [0.05, 0.1) is 5.56 Å². The molecule has 3 aromatic carbocycles. The topological polar surface area (TPSA) is 66.4 Å². The van der Waals surface area contributed by atoms with Crippen molar-refractivity contribution in [3.8, 4) is 11.1 Å². The molecule has 0 aromatic heterocycles. The third-order valence-corrected chi connectivity index (χ3v) is 4.08. The summed E-state index contributed by atoms with van der Waals surface area (Å²) in [6, 6.07) is 17.2. The van der Waals surface area contributed by atoms with Crippen molar-refractivity contribution in [1.29, 1.82) is 0 Å². The van der Waals surface area contributed by atoms with E-state index in [0.717, 1.165) is 21.9 Å². The van der Waals surface area contributed by atoms with E-state index in [0.29, 0.717) is 5.56 Å². The van der Waals surface area contributed by atoms with Crippen LogP contribution in [0.1, 0.15) is 15.9 Å². The number of alkyl halides is 3. The summed E-state index contributed by atoms with van der Waals surface area (Å²) in [6.07, 6.45) is -4.90. The summed E-state index contributed by atoms with van der Waals surface area (Å²) in [4.78, 5) is 21.9. The molecule has 2 N–H and O–H groups in total. The van der Waals surface area contributed by atoms with E-state index >= 15 is 0 Å². The lowest BCUT2D eigenvalue weighted by Crippen LogP contribution is -2.36. The maximum Gasteiger partial charge on any atom is 0.471 e. The number of hydrogen-bond donors (Lipinski definition) is 2. The monoisotopic (exact) mass is 373 g/mol. The Kier molecular flexibility index (Phi) is 4.85. The van der Waals surface area contributed by atoms with Gasteiger partial charge in [0.1, 0.15) is 0 Å². The van der Waals surface area contributed by atoms with Crippen molar-refractivity contribution in [2.24, 2.45) is 0 Å². The molecule has 0 aliphatic carbocycles. The summed E-state index contributed by atoms with van der Waals surface area (Å²) >= 11 is 0. The van der Waals surface area contributed by atoms with Gasteiger partial charge in [-0.05, 0) is 45.7 Å². The third kappa shape index (κ3) is 4.25. The zero-order chi connectivity index (χ0) is 19.6. The van der Waals surface area contributed by atoms with E-state index in [9.17, 15) is 22.8 Å². The van der Waals surface area contributed by atoms with Gasteiger partial charge in [0.15, 0.2) is 0 Å². The standard InChI is InChI=1S/C20H14F3NO3/c21-20(22,23)19(27)24-11-12-1-3-13(4-2-12)14-5-6-16-10-17(18(25)26)8-7-15(16)9-14/h1-10H,11H2,(H,24,27)(H,25,26). The lowest BCUT2D eigenvalue weighted by Gasteiger charge is -2.09. The molecular weight excluding hydrogens is 359 g/mol. The number of carbonyl (C=O) groups is 2. The zero-order valence-electron chi connectivity index (χ0n) is 13.9. The molecule has 0 radical (unpaired) electrons. The van der Waals surface area contributed by atoms with Crippen LogP contribution < -0.4 is 5.32 Å². The fourth-order valence-corrected chi connectivity index (χ4v) is 2.66. The van der Waals surface area contributed by atoms with E-state index in [1.54, 1.807) is 36.4 Å². The molecule has 0 fully saturated rings. The Labute approximate surface area is 152 Å². The highest BCUT2D eigenvalue weighted by Gasteiger charge is 2.38. The summed E-state index contributed by atoms with van der Waals surface area (Å²) in [7, 11) is 0. The Morgan fingerprint density at radius 3 is 2.07 bits per heavy atom. The molecule has 0 unspecified atom stereocenters. The molecule has 27 heavy (non-hydrogen) atoms. The van der Waals surface area contributed by atoms with E-state index < -0.39 is 18.1 Å². The highest BCUT2D eigenvalue weighted by molar-refractivity contribution is 5.95. The van der Waals surface area contributed by atoms with Crippen LogP contribution in [0, 0.1) is 0 Å². The molecule has 0 atom stereocenters. The van der Waals surface area contributed by atoms with Crippen molar-refractivity contribution < 1.29 is 27.9 Å². The molecule has 0 aliphatic heterocycles. The Hall–Kier alpha value is -3.35. The Bertz CT molecular complexity index is 1010. The van der Waals surface area contributed by atoms with Crippen LogP contribution in [0.15, 0.2) is 60.7 Å². The minimum atomic E-state index is -4.90. The quantitative estimate of drug-likeness (QED) is 0.713. The van der Waals surface area contributed by atoms with Gasteiger partial charge in [-0.15, -0.1) is 0 Å². The van der Waals surface area contributed by atoms with Crippen LogP contribution in [-0.4, -0.2) is 23.2 Å². The predicted molar refractivity (Wildman–Crippen MR) is 94.2 cm³/mol. The first-order valence-corrected chi connectivity index (χ1v) is 7.95. The number of halogens is 3. The van der Waals surface area contributed by atoms with Crippen molar-refractivity contribution in [3.63, 3.8) is 0 Å². The van der Waals surface area contributed by atoms with E-state index in [1.165, 1.54) is 6.07 Å². The van der Waals surface area contributed by atoms with Crippen LogP contribution in [0.5, 0.6) is 0 Å². The fourth-order valence-electron chi connectivity index (χ4n) is 2.66. The van der Waals surface area contributed by atoms with Gasteiger partial charge in [0.2, 0.25) is 0 Å². The molecule has 0 aliphatic rings. The normalized spacial score (nSPS) is 11.4. The average molecular weight is 373 g/mol. The first kappa shape index (κ1) is 18.4. The minimum absolute atomic E-state index is 0.209. The van der Waals surface area contributed by atoms with Crippen molar-refractivity contribution in [2.75, 3.05) is 0 Å². The number of benzene rings is 3. The number of fused-ring (bicyclic) bond motifs is 1. The molecule has 3 rings (SSSR count). The predicted octanol–water partition coefficient (Wildman–Crippen LogP) is 4.38. The first-order valence-electron chi connectivity index (χ1n) is 7.95. The number of carbonyl (C=O) groups excluding carboxylic acids is 1. The van der Waals surface area contributed by atoms with Crippen molar-refractivity contribution in [1.82, 2.24) is 5.32 Å². The maximum absolute atomic E-state index is 12.2. The molecule has 138 valence electrons. The number of nitrogens with one attached hydrogen (secondary N) is 1. The van der Waals surface area contributed by atoms with Crippen molar-refractivity contribution >= 4 is 22.6 Å². The number of rotatable bonds is 4. The zero-order valence-corrected chi connectivity index (χ0v) is 13.9. The molecule has 0 heterocycles. The molecule has 3 aromatic rings. The highest BCUT2D eigenvalue weighted by atomic mass is 19.4. The molecule has 1 amide bonds. The first-order chi connectivity index (χ1) is 12.7. The van der Waals surface area contributed by atoms with Crippen LogP contribution in [0.4, 0.5) is 13.2 Å². The van der Waals surface area contributed by atoms with Gasteiger partial charge < -0.3 is 10.4 Å². The van der Waals surface area contributed by atoms with Crippen LogP contribution in [-0.2, 0) is 11.3 Å². The van der Waals surface area contributed by atoms with Crippen molar-refractivity contribution in [2.45, 2.75) is 12.7 Å². The Morgan fingerprint density at radius 1 is 0.852 bits per heavy atom. The van der Waals surface area contributed by atoms with Gasteiger partial charge in [-0.25, -0.2) is 4.79 Å². The molecular formula is C20H14F3NO3. The van der Waals surface area contributed by atoms with E-state index in [4.69, 9.17) is 5.11 Å². The van der Waals surface area contributed by atoms with Crippen LogP contribution in [0.3, 0.4) is 0 Å². The summed E-state index contributed by atoms with van der Waals surface area (Å²) in [5.74, 6) is -2.96. The third-order valence-electron chi connectivity index (χ3n) is 4.08. The van der Waals surface area contributed by atoms with Crippen LogP contribution in [0.2, 0.25) is 0 Å². The highest BCUT2D eigenvalue weighted by Crippen LogP contribution is 2.26. The van der Waals surface area contributed by atoms with Gasteiger partial charge in [0.25, 0.3) is 0 Å². The number of hydrogen-bond acceptors (Lipinski definition) is 2. The fraction of sp³-hybridized carbons (Fsp3) is 0.100. The number of carboxylic acids is 1. The summed E-state index contributed by atoms with van der Waals surface area (Å²) in [5.41, 5.74) is 2.49. The van der Waals surface area contributed by atoms with E-state index in [1.807, 2.05) is 23.5 Å². The maximum atomic E-state index is 12.2. The smallest absolute Gasteiger partial charge is 0.471 e. The summed E-state index contributed by atoms with van der Waals surface area (Å²) < 4.78 is 36.6. The number of aromatic carboxylic acids is 1. The molecule has 0 bridgehead atoms. The Morgan fingerprint density at radius 2 is 1.44 bits per heavy atom. The number of carboxylic acid groups (broad SMARTS) is 1. The molecule has 0 saturated heterocycles. The lowest BCUT2D eigenvalue weighted by molar-refractivity contribution is -0.173. The van der Waals surface area contributed by atoms with Gasteiger partial charge >= 0.3 is 18.1 Å². The van der Waals surface area contributed by atoms with Gasteiger partial charge in [0, 0.05) is 6.54 Å². The largest absolute Gasteiger partial charge is 0.478 e. The van der Waals surface area contributed by atoms with Gasteiger partial charge in [-0.2, -0.15) is 13.2 Å². The number of amides is 1. The van der Waals surface area contributed by atoms with Crippen LogP contribution in [0.25, 0.3) is 21.9 Å². The SMILES string of the molecule is O=C(O)c1ccc2cc(-c3ccc(CNC(=O)C(F)(F)F)cc3)ccc2c1. The molecule has 4 nitrogen and oxygen atoms in total. The molecule has 0 saturated carbocycles. The van der Waals surface area contributed by atoms with Gasteiger partial charge in [-0.3, -0.25) is 4.79 Å². The average Bonchev–Trinajstić information content (AvgIpc) is 2.64. The second-order valence-electron chi connectivity index (χ2n) is 5.96. The van der Waals surface area contributed by atoms with E-state index in [-0.39, 0.29) is 12.1 Å². The molecule has 0 spiro atoms. The minimum Gasteiger partial charge on any atom is -0.478 e. The lowest BCUT2D eigenvalue weighted by atomic mass is 9.99. The Balaban J connectivity index is 1.77. The van der Waals surface area contributed by atoms with Crippen LogP contribution >= 0.6 is 0 Å². The second-order valence-corrected chi connectivity index (χ2v) is 5.96. The summed E-state index contributed by atoms with van der Waals surface area (Å²) in [5, 5.41) is 12.5. The molecule has 7 heteroatoms. The van der Waals surface area contributed by atoms with Crippen molar-refractivity contribution in [3.05, 3.63) is 71.8 Å². The van der Waals surface area contributed by atoms with E-state index in [2.05, 4.69) is 0 Å². The second kappa shape index (κ2) is 7.11. The van der Waals surface area contributed by atoms with Gasteiger partial charge in [-0.1, -0.05) is 42.5 Å². The summed E-state index contributed by atoms with van der Waals surface area (Å²) in [6.45, 7) is -0.214.